The van der Waals surface area contributed by atoms with Crippen LogP contribution in [0.25, 0.3) is 0 Å². The topological polar surface area (TPSA) is 63.9 Å². The Morgan fingerprint density at radius 2 is 1.74 bits per heavy atom. The SMILES string of the molecule is CC(C)CCOC(C)(C)CCn1c(O)c2c(c1O)C1C=CC2O1. The van der Waals surface area contributed by atoms with Gasteiger partial charge in [-0.05, 0) is 32.6 Å². The number of rotatable bonds is 7. The van der Waals surface area contributed by atoms with Crippen LogP contribution in [0.15, 0.2) is 12.2 Å². The van der Waals surface area contributed by atoms with Crippen molar-refractivity contribution < 1.29 is 19.7 Å². The van der Waals surface area contributed by atoms with E-state index in [-0.39, 0.29) is 29.6 Å². The summed E-state index contributed by atoms with van der Waals surface area (Å²) in [5, 5.41) is 20.9. The van der Waals surface area contributed by atoms with Gasteiger partial charge in [-0.3, -0.25) is 4.57 Å². The molecule has 2 unspecified atom stereocenters. The number of ether oxygens (including phenoxy) is 2. The van der Waals surface area contributed by atoms with E-state index in [1.165, 1.54) is 0 Å². The minimum absolute atomic E-state index is 0.118. The molecule has 0 amide bonds. The van der Waals surface area contributed by atoms with Gasteiger partial charge in [0, 0.05) is 13.2 Å². The molecule has 23 heavy (non-hydrogen) atoms. The molecule has 0 aromatic carbocycles. The van der Waals surface area contributed by atoms with E-state index in [2.05, 4.69) is 13.8 Å². The average molecular weight is 321 g/mol. The monoisotopic (exact) mass is 321 g/mol. The van der Waals surface area contributed by atoms with Crippen molar-refractivity contribution in [2.45, 2.75) is 64.9 Å². The molecule has 0 spiro atoms. The largest absolute Gasteiger partial charge is 0.494 e. The Kier molecular flexibility index (Phi) is 4.19. The summed E-state index contributed by atoms with van der Waals surface area (Å²) in [4.78, 5) is 0. The number of hydrogen-bond donors (Lipinski definition) is 2. The van der Waals surface area contributed by atoms with Gasteiger partial charge < -0.3 is 19.7 Å². The highest BCUT2D eigenvalue weighted by Crippen LogP contribution is 2.54. The first kappa shape index (κ1) is 16.4. The van der Waals surface area contributed by atoms with Gasteiger partial charge in [0.15, 0.2) is 0 Å². The fraction of sp³-hybridized carbons (Fsp3) is 0.667. The van der Waals surface area contributed by atoms with Crippen LogP contribution in [-0.4, -0.2) is 27.0 Å². The van der Waals surface area contributed by atoms with Crippen LogP contribution in [-0.2, 0) is 16.0 Å². The Morgan fingerprint density at radius 3 is 2.26 bits per heavy atom. The van der Waals surface area contributed by atoms with E-state index in [9.17, 15) is 10.2 Å². The molecular formula is C18H27NO4. The number of aromatic nitrogens is 1. The summed E-state index contributed by atoms with van der Waals surface area (Å²) >= 11 is 0. The van der Waals surface area contributed by atoms with Crippen molar-refractivity contribution in [2.75, 3.05) is 6.61 Å². The van der Waals surface area contributed by atoms with Crippen LogP contribution in [0, 0.1) is 5.92 Å². The lowest BCUT2D eigenvalue weighted by molar-refractivity contribution is -0.0308. The highest BCUT2D eigenvalue weighted by atomic mass is 16.5. The molecule has 5 heteroatoms. The van der Waals surface area contributed by atoms with E-state index in [1.807, 2.05) is 26.0 Å². The minimum atomic E-state index is -0.295. The van der Waals surface area contributed by atoms with E-state index in [4.69, 9.17) is 9.47 Å². The second-order valence-corrected chi connectivity index (χ2v) is 7.53. The van der Waals surface area contributed by atoms with Crippen molar-refractivity contribution in [3.8, 4) is 11.8 Å². The molecule has 0 fully saturated rings. The Morgan fingerprint density at radius 1 is 1.17 bits per heavy atom. The van der Waals surface area contributed by atoms with Gasteiger partial charge in [-0.15, -0.1) is 0 Å². The lowest BCUT2D eigenvalue weighted by Gasteiger charge is -2.26. The molecule has 128 valence electrons. The summed E-state index contributed by atoms with van der Waals surface area (Å²) < 4.78 is 13.2. The molecule has 2 aliphatic rings. The molecule has 2 atom stereocenters. The van der Waals surface area contributed by atoms with Crippen LogP contribution >= 0.6 is 0 Å². The standard InChI is InChI=1S/C18H27NO4/c1-11(2)7-10-22-18(3,4)8-9-19-16(20)14-12-5-6-13(23-12)15(14)17(19)21/h5-6,11-13,20-21H,7-10H2,1-4H3. The summed E-state index contributed by atoms with van der Waals surface area (Å²) in [5.41, 5.74) is 1.14. The third-order valence-electron chi connectivity index (χ3n) is 4.73. The summed E-state index contributed by atoms with van der Waals surface area (Å²) in [7, 11) is 0. The van der Waals surface area contributed by atoms with Gasteiger partial charge >= 0.3 is 0 Å². The van der Waals surface area contributed by atoms with Gasteiger partial charge in [0.25, 0.3) is 0 Å². The number of aromatic hydroxyl groups is 2. The van der Waals surface area contributed by atoms with Crippen LogP contribution in [0.1, 0.15) is 63.9 Å². The van der Waals surface area contributed by atoms with Gasteiger partial charge in [-0.2, -0.15) is 0 Å². The summed E-state index contributed by atoms with van der Waals surface area (Å²) in [6, 6.07) is 0. The Hall–Kier alpha value is -1.46. The van der Waals surface area contributed by atoms with Crippen molar-refractivity contribution in [1.82, 2.24) is 4.57 Å². The van der Waals surface area contributed by atoms with Crippen LogP contribution in [0.5, 0.6) is 11.8 Å². The molecule has 2 N–H and O–H groups in total. The van der Waals surface area contributed by atoms with Gasteiger partial charge in [-0.1, -0.05) is 26.0 Å². The summed E-state index contributed by atoms with van der Waals surface area (Å²) in [6.45, 7) is 9.70. The molecular weight excluding hydrogens is 294 g/mol. The molecule has 0 radical (unpaired) electrons. The number of hydrogen-bond acceptors (Lipinski definition) is 4. The number of nitrogens with zero attached hydrogens (tertiary/aromatic N) is 1. The van der Waals surface area contributed by atoms with E-state index in [1.54, 1.807) is 4.57 Å². The second kappa shape index (κ2) is 5.87. The van der Waals surface area contributed by atoms with Crippen LogP contribution < -0.4 is 0 Å². The van der Waals surface area contributed by atoms with Gasteiger partial charge in [0.2, 0.25) is 11.8 Å². The molecule has 0 saturated carbocycles. The molecule has 1 aromatic rings. The van der Waals surface area contributed by atoms with Gasteiger partial charge in [-0.25, -0.2) is 0 Å². The first-order chi connectivity index (χ1) is 10.8. The van der Waals surface area contributed by atoms with E-state index >= 15 is 0 Å². The first-order valence-electron chi connectivity index (χ1n) is 8.42. The van der Waals surface area contributed by atoms with Crippen molar-refractivity contribution in [1.29, 1.82) is 0 Å². The van der Waals surface area contributed by atoms with Crippen molar-refractivity contribution in [3.63, 3.8) is 0 Å². The normalized spacial score (nSPS) is 22.3. The molecule has 0 aliphatic carbocycles. The Bertz CT molecular complexity index is 580. The molecule has 2 bridgehead atoms. The van der Waals surface area contributed by atoms with E-state index < -0.39 is 0 Å². The maximum Gasteiger partial charge on any atom is 0.200 e. The molecule has 1 aromatic heterocycles. The van der Waals surface area contributed by atoms with Crippen molar-refractivity contribution >= 4 is 0 Å². The molecule has 5 nitrogen and oxygen atoms in total. The molecule has 3 rings (SSSR count). The highest BCUT2D eigenvalue weighted by molar-refractivity contribution is 5.55. The zero-order valence-electron chi connectivity index (χ0n) is 14.4. The zero-order chi connectivity index (χ0) is 16.8. The molecule has 2 aliphatic heterocycles. The average Bonchev–Trinajstić information content (AvgIpc) is 3.11. The predicted octanol–water partition coefficient (Wildman–Crippen LogP) is 3.81. The van der Waals surface area contributed by atoms with Crippen LogP contribution in [0.4, 0.5) is 0 Å². The summed E-state index contributed by atoms with van der Waals surface area (Å²) in [5.74, 6) is 0.856. The first-order valence-corrected chi connectivity index (χ1v) is 8.42. The second-order valence-electron chi connectivity index (χ2n) is 7.53. The minimum Gasteiger partial charge on any atom is -0.494 e. The lowest BCUT2D eigenvalue weighted by atomic mass is 10.0. The van der Waals surface area contributed by atoms with Crippen molar-refractivity contribution in [3.05, 3.63) is 23.3 Å². The predicted molar refractivity (Wildman–Crippen MR) is 87.6 cm³/mol. The van der Waals surface area contributed by atoms with Crippen LogP contribution in [0.3, 0.4) is 0 Å². The van der Waals surface area contributed by atoms with Crippen molar-refractivity contribution in [2.24, 2.45) is 5.92 Å². The lowest BCUT2D eigenvalue weighted by Crippen LogP contribution is -2.27. The number of fused-ring (bicyclic) bond motifs is 5. The van der Waals surface area contributed by atoms with E-state index in [0.29, 0.717) is 30.0 Å². The third-order valence-corrected chi connectivity index (χ3v) is 4.73. The molecule has 3 heterocycles. The quantitative estimate of drug-likeness (QED) is 0.750. The van der Waals surface area contributed by atoms with Crippen LogP contribution in [0.2, 0.25) is 0 Å². The fourth-order valence-electron chi connectivity index (χ4n) is 3.21. The van der Waals surface area contributed by atoms with E-state index in [0.717, 1.165) is 13.0 Å². The zero-order valence-corrected chi connectivity index (χ0v) is 14.4. The Balaban J connectivity index is 1.66. The Labute approximate surface area is 137 Å². The summed E-state index contributed by atoms with van der Waals surface area (Å²) in [6.07, 6.45) is 5.15. The molecule has 0 saturated heterocycles. The maximum atomic E-state index is 10.4. The smallest absolute Gasteiger partial charge is 0.200 e. The fourth-order valence-corrected chi connectivity index (χ4v) is 3.21. The maximum absolute atomic E-state index is 10.4. The third kappa shape index (κ3) is 3.00. The highest BCUT2D eigenvalue weighted by Gasteiger charge is 2.42. The van der Waals surface area contributed by atoms with Gasteiger partial charge in [0.1, 0.15) is 12.2 Å². The van der Waals surface area contributed by atoms with Gasteiger partial charge in [0.05, 0.1) is 16.7 Å².